The normalized spacial score (nSPS) is 12.8. The van der Waals surface area contributed by atoms with Crippen LogP contribution in [0, 0.1) is 27.7 Å². The molecule has 2 aromatic rings. The summed E-state index contributed by atoms with van der Waals surface area (Å²) in [5.41, 5.74) is 4.57. The zero-order valence-corrected chi connectivity index (χ0v) is 13.7. The zero-order valence-electron chi connectivity index (χ0n) is 13.7. The molecule has 2 rings (SSSR count). The highest BCUT2D eigenvalue weighted by atomic mass is 16.5. The minimum atomic E-state index is 0.410. The third-order valence-corrected chi connectivity index (χ3v) is 3.83. The molecule has 0 aromatic carbocycles. The first kappa shape index (κ1) is 15.8. The maximum Gasteiger partial charge on any atom is 0.137 e. The Morgan fingerprint density at radius 2 is 2.05 bits per heavy atom. The van der Waals surface area contributed by atoms with E-state index in [0.29, 0.717) is 6.04 Å². The first-order valence-electron chi connectivity index (χ1n) is 7.63. The summed E-state index contributed by atoms with van der Waals surface area (Å²) >= 11 is 0. The second-order valence-electron chi connectivity index (χ2n) is 5.87. The molecule has 1 N–H and O–H groups in total. The average Bonchev–Trinajstić information content (AvgIpc) is 2.89. The van der Waals surface area contributed by atoms with Crippen LogP contribution in [0.1, 0.15) is 41.8 Å². The fourth-order valence-electron chi connectivity index (χ4n) is 2.66. The molecular formula is C16H26N4O. The first-order chi connectivity index (χ1) is 9.97. The predicted molar refractivity (Wildman–Crippen MR) is 83.5 cm³/mol. The average molecular weight is 290 g/mol. The van der Waals surface area contributed by atoms with E-state index in [0.717, 1.165) is 43.1 Å². The van der Waals surface area contributed by atoms with Crippen LogP contribution in [0.4, 0.5) is 0 Å². The molecule has 1 unspecified atom stereocenters. The summed E-state index contributed by atoms with van der Waals surface area (Å²) in [6, 6.07) is 2.53. The lowest BCUT2D eigenvalue weighted by atomic mass is 10.1. The Balaban J connectivity index is 1.72. The van der Waals surface area contributed by atoms with E-state index in [1.807, 2.05) is 20.8 Å². The highest BCUT2D eigenvalue weighted by Crippen LogP contribution is 2.13. The van der Waals surface area contributed by atoms with Gasteiger partial charge in [0, 0.05) is 17.3 Å². The van der Waals surface area contributed by atoms with Crippen molar-refractivity contribution in [3.8, 4) is 0 Å². The van der Waals surface area contributed by atoms with Crippen molar-refractivity contribution < 1.29 is 4.52 Å². The minimum Gasteiger partial charge on any atom is -0.361 e. The van der Waals surface area contributed by atoms with Gasteiger partial charge in [0.05, 0.1) is 17.9 Å². The van der Waals surface area contributed by atoms with Gasteiger partial charge < -0.3 is 9.84 Å². The van der Waals surface area contributed by atoms with Crippen molar-refractivity contribution in [3.05, 3.63) is 34.5 Å². The molecule has 0 radical (unpaired) electrons. The van der Waals surface area contributed by atoms with Gasteiger partial charge in [-0.3, -0.25) is 4.68 Å². The predicted octanol–water partition coefficient (Wildman–Crippen LogP) is 2.72. The molecule has 0 spiro atoms. The molecule has 0 fully saturated rings. The third kappa shape index (κ3) is 4.17. The van der Waals surface area contributed by atoms with Crippen molar-refractivity contribution >= 4 is 0 Å². The van der Waals surface area contributed by atoms with E-state index in [1.54, 1.807) is 0 Å². The monoisotopic (exact) mass is 290 g/mol. The Bertz CT molecular complexity index is 566. The Morgan fingerprint density at radius 3 is 2.62 bits per heavy atom. The van der Waals surface area contributed by atoms with Crippen molar-refractivity contribution in [2.24, 2.45) is 0 Å². The molecule has 21 heavy (non-hydrogen) atoms. The largest absolute Gasteiger partial charge is 0.361 e. The van der Waals surface area contributed by atoms with Gasteiger partial charge in [-0.05, 0) is 60.1 Å². The number of nitrogens with one attached hydrogen (secondary N) is 1. The lowest BCUT2D eigenvalue weighted by molar-refractivity contribution is 0.392. The quantitative estimate of drug-likeness (QED) is 0.797. The van der Waals surface area contributed by atoms with Crippen molar-refractivity contribution in [1.82, 2.24) is 20.3 Å². The fraction of sp³-hybridized carbons (Fsp3) is 0.625. The first-order valence-corrected chi connectivity index (χ1v) is 7.63. The number of hydrogen-bond acceptors (Lipinski definition) is 4. The van der Waals surface area contributed by atoms with Gasteiger partial charge in [0.2, 0.25) is 0 Å². The zero-order chi connectivity index (χ0) is 15.4. The summed E-state index contributed by atoms with van der Waals surface area (Å²) in [6.45, 7) is 12.2. The van der Waals surface area contributed by atoms with Gasteiger partial charge in [0.25, 0.3) is 0 Å². The highest BCUT2D eigenvalue weighted by Gasteiger charge is 2.09. The van der Waals surface area contributed by atoms with Gasteiger partial charge in [-0.25, -0.2) is 0 Å². The molecule has 0 aliphatic heterocycles. The van der Waals surface area contributed by atoms with Crippen LogP contribution in [0.15, 0.2) is 10.6 Å². The van der Waals surface area contributed by atoms with Crippen LogP contribution in [0.2, 0.25) is 0 Å². The van der Waals surface area contributed by atoms with Crippen molar-refractivity contribution in [1.29, 1.82) is 0 Å². The van der Waals surface area contributed by atoms with E-state index in [1.165, 1.54) is 11.3 Å². The van der Waals surface area contributed by atoms with E-state index in [-0.39, 0.29) is 0 Å². The molecular weight excluding hydrogens is 264 g/mol. The lowest BCUT2D eigenvalue weighted by Gasteiger charge is -2.15. The van der Waals surface area contributed by atoms with Crippen LogP contribution < -0.4 is 5.32 Å². The maximum atomic E-state index is 5.19. The number of aryl methyl sites for hydroxylation is 4. The molecule has 5 heteroatoms. The summed E-state index contributed by atoms with van der Waals surface area (Å²) < 4.78 is 7.26. The van der Waals surface area contributed by atoms with Gasteiger partial charge in [0.15, 0.2) is 0 Å². The van der Waals surface area contributed by atoms with Crippen LogP contribution in [0.5, 0.6) is 0 Å². The standard InChI is InChI=1S/C16H26N4O/c1-11-9-13(3)20(18-11)10-12(2)17-8-6-7-16-14(4)19-21-15(16)5/h9,12,17H,6-8,10H2,1-5H3. The van der Waals surface area contributed by atoms with Gasteiger partial charge in [-0.15, -0.1) is 0 Å². The summed E-state index contributed by atoms with van der Waals surface area (Å²) in [4.78, 5) is 0. The van der Waals surface area contributed by atoms with Gasteiger partial charge in [-0.2, -0.15) is 5.10 Å². The van der Waals surface area contributed by atoms with Gasteiger partial charge in [-0.1, -0.05) is 5.16 Å². The molecule has 2 aromatic heterocycles. The summed E-state index contributed by atoms with van der Waals surface area (Å²) in [7, 11) is 0. The molecule has 5 nitrogen and oxygen atoms in total. The lowest BCUT2D eigenvalue weighted by Crippen LogP contribution is -2.32. The van der Waals surface area contributed by atoms with E-state index >= 15 is 0 Å². The summed E-state index contributed by atoms with van der Waals surface area (Å²) in [5, 5.41) is 12.0. The Morgan fingerprint density at radius 1 is 1.29 bits per heavy atom. The third-order valence-electron chi connectivity index (χ3n) is 3.83. The minimum absolute atomic E-state index is 0.410. The smallest absolute Gasteiger partial charge is 0.137 e. The van der Waals surface area contributed by atoms with Crippen molar-refractivity contribution in [2.75, 3.05) is 6.54 Å². The van der Waals surface area contributed by atoms with E-state index < -0.39 is 0 Å². The van der Waals surface area contributed by atoms with Gasteiger partial charge >= 0.3 is 0 Å². The number of hydrogen-bond donors (Lipinski definition) is 1. The summed E-state index contributed by atoms with van der Waals surface area (Å²) in [5.74, 6) is 0.947. The van der Waals surface area contributed by atoms with Crippen molar-refractivity contribution in [3.63, 3.8) is 0 Å². The second kappa shape index (κ2) is 6.89. The number of rotatable bonds is 7. The van der Waals surface area contributed by atoms with Crippen LogP contribution in [-0.4, -0.2) is 27.5 Å². The van der Waals surface area contributed by atoms with Gasteiger partial charge in [0.1, 0.15) is 5.76 Å². The fourth-order valence-corrected chi connectivity index (χ4v) is 2.66. The molecule has 0 aliphatic carbocycles. The molecule has 0 amide bonds. The van der Waals surface area contributed by atoms with Crippen LogP contribution in [0.3, 0.4) is 0 Å². The second-order valence-corrected chi connectivity index (χ2v) is 5.87. The Labute approximate surface area is 126 Å². The molecule has 116 valence electrons. The number of aromatic nitrogens is 3. The SMILES string of the molecule is Cc1cc(C)n(CC(C)NCCCc2c(C)noc2C)n1. The topological polar surface area (TPSA) is 55.9 Å². The van der Waals surface area contributed by atoms with Crippen LogP contribution >= 0.6 is 0 Å². The molecule has 0 saturated carbocycles. The Kier molecular flexibility index (Phi) is 5.17. The molecule has 2 heterocycles. The highest BCUT2D eigenvalue weighted by molar-refractivity contribution is 5.20. The molecule has 0 bridgehead atoms. The van der Waals surface area contributed by atoms with Crippen LogP contribution in [0.25, 0.3) is 0 Å². The van der Waals surface area contributed by atoms with Crippen molar-refractivity contribution in [2.45, 2.75) is 60.0 Å². The molecule has 0 aliphatic rings. The van der Waals surface area contributed by atoms with E-state index in [9.17, 15) is 0 Å². The Hall–Kier alpha value is -1.62. The molecule has 0 saturated heterocycles. The maximum absolute atomic E-state index is 5.19. The van der Waals surface area contributed by atoms with Crippen LogP contribution in [-0.2, 0) is 13.0 Å². The van der Waals surface area contributed by atoms with E-state index in [2.05, 4.69) is 40.2 Å². The number of nitrogens with zero attached hydrogens (tertiary/aromatic N) is 3. The van der Waals surface area contributed by atoms with E-state index in [4.69, 9.17) is 4.52 Å². The molecule has 1 atom stereocenters. The summed E-state index contributed by atoms with van der Waals surface area (Å²) in [6.07, 6.45) is 2.10.